The summed E-state index contributed by atoms with van der Waals surface area (Å²) < 4.78 is 43.0. The zero-order chi connectivity index (χ0) is 99.1. The van der Waals surface area contributed by atoms with Crippen molar-refractivity contribution in [3.8, 4) is 0 Å². The highest BCUT2D eigenvalue weighted by atomic mass is 32.1. The van der Waals surface area contributed by atoms with Crippen molar-refractivity contribution < 1.29 is 52.1 Å². The number of furan rings is 1. The molecule has 1 saturated carbocycles. The number of benzene rings is 7. The van der Waals surface area contributed by atoms with E-state index in [0.29, 0.717) is 6.54 Å². The maximum absolute atomic E-state index is 12.7. The van der Waals surface area contributed by atoms with Crippen LogP contribution in [0, 0.1) is 5.92 Å². The van der Waals surface area contributed by atoms with Gasteiger partial charge in [-0.3, -0.25) is 24.0 Å². The van der Waals surface area contributed by atoms with Gasteiger partial charge in [0.05, 0.1) is 54.9 Å². The van der Waals surface area contributed by atoms with E-state index in [-0.39, 0.29) is 62.6 Å². The zero-order valence-corrected chi connectivity index (χ0v) is 87.4. The lowest BCUT2D eigenvalue weighted by Crippen LogP contribution is -2.41. The number of hydrogen-bond acceptors (Lipinski definition) is 17. The van der Waals surface area contributed by atoms with E-state index in [1.165, 1.54) is 93.6 Å². The first-order valence-electron chi connectivity index (χ1n) is 48.6. The Balaban J connectivity index is 0.000000126. The molecule has 0 amide bonds. The van der Waals surface area contributed by atoms with Crippen LogP contribution in [-0.2, 0) is 132 Å². The van der Waals surface area contributed by atoms with Crippen molar-refractivity contribution in [2.75, 3.05) is 57.8 Å². The Morgan fingerprint density at radius 3 is 1.06 bits per heavy atom. The molecule has 20 rings (SSSR count). The van der Waals surface area contributed by atoms with Crippen molar-refractivity contribution in [3.63, 3.8) is 0 Å². The molecule has 0 spiro atoms. The molecule has 730 valence electrons. The number of aromatic nitrogens is 5. The summed E-state index contributed by atoms with van der Waals surface area (Å²) in [4.78, 5) is 79.0. The van der Waals surface area contributed by atoms with Gasteiger partial charge in [0.2, 0.25) is 0 Å². The van der Waals surface area contributed by atoms with E-state index in [4.69, 9.17) is 89.2 Å². The molecule has 5 aliphatic heterocycles. The van der Waals surface area contributed by atoms with Crippen molar-refractivity contribution in [2.24, 2.45) is 5.92 Å². The van der Waals surface area contributed by atoms with E-state index in [0.717, 1.165) is 200 Å². The number of carbonyl (C=O) groups excluding carboxylic acids is 5. The van der Waals surface area contributed by atoms with Crippen LogP contribution < -0.4 is 4.90 Å². The summed E-state index contributed by atoms with van der Waals surface area (Å²) in [6.07, 6.45) is 13.9. The van der Waals surface area contributed by atoms with Crippen molar-refractivity contribution in [2.45, 2.75) is 222 Å². The second kappa shape index (κ2) is 43.6. The number of carbonyl (C=O) groups is 5. The van der Waals surface area contributed by atoms with E-state index in [1.807, 2.05) is 211 Å². The van der Waals surface area contributed by atoms with E-state index >= 15 is 0 Å². The fraction of sp³-hybridized carbons (Fsp3) is 0.381. The van der Waals surface area contributed by atoms with E-state index < -0.39 is 22.4 Å². The van der Waals surface area contributed by atoms with Gasteiger partial charge in [-0.15, -0.1) is 11.3 Å². The van der Waals surface area contributed by atoms with Crippen LogP contribution in [0.3, 0.4) is 0 Å². The molecule has 0 saturated heterocycles. The third-order valence-electron chi connectivity index (χ3n) is 25.9. The molecule has 6 aliphatic rings. The first-order chi connectivity index (χ1) is 67.0. The minimum atomic E-state index is -0.522. The molecule has 27 heteroatoms. The number of para-hydroxylation sites is 6. The summed E-state index contributed by atoms with van der Waals surface area (Å²) in [6, 6.07) is 69.8. The number of rotatable bonds is 20. The number of nitrogens with zero attached hydrogens (tertiary/aromatic N) is 10. The summed E-state index contributed by atoms with van der Waals surface area (Å²) in [6.45, 7) is 31.3. The van der Waals surface area contributed by atoms with Crippen LogP contribution in [0.1, 0.15) is 188 Å². The summed E-state index contributed by atoms with van der Waals surface area (Å²) in [5.41, 5.74) is 16.7. The molecule has 0 unspecified atom stereocenters. The van der Waals surface area contributed by atoms with Crippen LogP contribution in [0.5, 0.6) is 0 Å². The van der Waals surface area contributed by atoms with Crippen LogP contribution >= 0.6 is 72.4 Å². The quantitative estimate of drug-likeness (QED) is 0.0398. The number of thiocarbonyl (C=S) groups is 5. The Labute approximate surface area is 851 Å². The number of anilines is 1. The number of methoxy groups -OCH3 is 1. The minimum absolute atomic E-state index is 0.141. The van der Waals surface area contributed by atoms with Gasteiger partial charge in [0.1, 0.15) is 85.8 Å². The molecule has 1 fully saturated rings. The molecular formula is C113H126N10O11S6. The lowest BCUT2D eigenvalue weighted by molar-refractivity contribution is -0.156. The Hall–Kier alpha value is -12.0. The zero-order valence-electron chi connectivity index (χ0n) is 82.5. The molecule has 0 bridgehead atoms. The van der Waals surface area contributed by atoms with Crippen LogP contribution in [0.2, 0.25) is 0 Å². The third-order valence-corrected chi connectivity index (χ3v) is 29.0. The van der Waals surface area contributed by atoms with E-state index in [2.05, 4.69) is 132 Å². The summed E-state index contributed by atoms with van der Waals surface area (Å²) in [5, 5.41) is 7.98. The maximum Gasteiger partial charge on any atom is 0.326 e. The molecule has 0 N–H and O–H groups in total. The summed E-state index contributed by atoms with van der Waals surface area (Å²) in [5.74, 6) is 0.385. The molecule has 0 atom stereocenters. The van der Waals surface area contributed by atoms with Crippen molar-refractivity contribution in [1.82, 2.24) is 42.4 Å². The number of esters is 5. The van der Waals surface area contributed by atoms with Crippen LogP contribution in [0.15, 0.2) is 222 Å². The maximum atomic E-state index is 12.7. The number of thiophene rings is 1. The van der Waals surface area contributed by atoms with E-state index in [1.54, 1.807) is 17.6 Å². The topological polar surface area (TPSA) is 185 Å². The van der Waals surface area contributed by atoms with Crippen LogP contribution in [0.4, 0.5) is 5.69 Å². The largest absolute Gasteiger partial charge is 0.468 e. The Morgan fingerprint density at radius 2 is 0.693 bits per heavy atom. The third kappa shape index (κ3) is 23.6. The normalized spacial score (nSPS) is 15.0. The molecule has 0 radical (unpaired) electrons. The Morgan fingerprint density at radius 1 is 0.357 bits per heavy atom. The first kappa shape index (κ1) is 101. The van der Waals surface area contributed by atoms with Gasteiger partial charge in [-0.25, -0.2) is 0 Å². The SMILES string of the molecule is CC(C)(C)OC(=O)Cn1c2c(c3ccccc31)CCN(CC1CCCCC1)C2=S.CC(C)(C)OC(=O)Cn1c2c(c3ccccc31)CCN(Cc1ccco1)C2=S.CC(C)(C)OC(=O)Cn1c2c(c3ccccc31)CCN(Cc1cccs1)C2=S.CC(C)(C)OC(=O)Cn1c2c(c3ccccc31)CCN(c1ccccc1)C2=S.COC(=O)Cn1c2c(c3ccccc31)CCN(CCc1ccccc1)C2=S. The van der Waals surface area contributed by atoms with Crippen LogP contribution in [-0.4, -0.2) is 173 Å². The second-order valence-electron chi connectivity index (χ2n) is 40.5. The van der Waals surface area contributed by atoms with Gasteiger partial charge in [0.25, 0.3) is 0 Å². The predicted molar refractivity (Wildman–Crippen MR) is 580 cm³/mol. The van der Waals surface area contributed by atoms with Crippen molar-refractivity contribution >= 4 is 187 Å². The van der Waals surface area contributed by atoms with Gasteiger partial charge in [0, 0.05) is 111 Å². The average molecular weight is 1990 g/mol. The molecule has 21 nitrogen and oxygen atoms in total. The van der Waals surface area contributed by atoms with Gasteiger partial charge in [-0.1, -0.05) is 226 Å². The molecular weight excluding hydrogens is 1870 g/mol. The Kier molecular flexibility index (Phi) is 31.5. The molecule has 14 aromatic rings. The second-order valence-corrected chi connectivity index (χ2v) is 43.5. The van der Waals surface area contributed by atoms with Gasteiger partial charge < -0.3 is 75.4 Å². The number of ether oxygens (including phenoxy) is 5. The number of fused-ring (bicyclic) bond motifs is 15. The average Bonchev–Trinajstić information content (AvgIpc) is 1.61. The lowest BCUT2D eigenvalue weighted by atomic mass is 9.88. The van der Waals surface area contributed by atoms with Crippen molar-refractivity contribution in [3.05, 3.63) is 290 Å². The summed E-state index contributed by atoms with van der Waals surface area (Å²) in [7, 11) is 1.42. The summed E-state index contributed by atoms with van der Waals surface area (Å²) >= 11 is 31.3. The molecule has 12 heterocycles. The highest BCUT2D eigenvalue weighted by molar-refractivity contribution is 7.81. The van der Waals surface area contributed by atoms with Gasteiger partial charge >= 0.3 is 29.8 Å². The fourth-order valence-electron chi connectivity index (χ4n) is 20.2. The van der Waals surface area contributed by atoms with Gasteiger partial charge in [-0.05, 0) is 240 Å². The van der Waals surface area contributed by atoms with Crippen LogP contribution in [0.25, 0.3) is 54.5 Å². The highest BCUT2D eigenvalue weighted by Crippen LogP contribution is 2.40. The molecule has 7 aromatic heterocycles. The lowest BCUT2D eigenvalue weighted by Gasteiger charge is -2.35. The first-order valence-corrected chi connectivity index (χ1v) is 51.5. The smallest absolute Gasteiger partial charge is 0.326 e. The van der Waals surface area contributed by atoms with Gasteiger partial charge in [-0.2, -0.15) is 0 Å². The monoisotopic (exact) mass is 1990 g/mol. The molecule has 7 aromatic carbocycles. The highest BCUT2D eigenvalue weighted by Gasteiger charge is 2.38. The Bertz CT molecular complexity index is 6760. The molecule has 1 aliphatic carbocycles. The standard InChI is InChI=1S/C24H32N2O2S.C23H24N2O2S.C22H24N2O3S.C22H24N2O2S2.C22H22N2O2S/c1-24(2,3)28-21(27)16-26-20-12-8-7-11-18(20)19-13-14-25(23(29)22(19)26)15-17-9-5-4-6-10-17;1-23(2,3)27-20(26)15-25-19-12-8-7-11-17(19)18-13-14-24(22(28)21(18)25)16-9-5-4-6-10-16;1-22(2,3)27-19(25)14-24-18-9-5-4-8-16(18)17-10-11-23(21(28)20(17)24)13-15-7-6-12-26-15;1-22(2,3)26-19(25)14-24-18-9-5-4-8-16(18)17-10-11-23(21(27)20(17)24)13-15-7-6-12-28-15;1-26-20(25)15-24-19-10-6-5-9-17(19)18-12-14-23(22(27)21(18)24)13-11-16-7-3-2-4-8-16/h7-8,11-12,17H,4-6,9-10,13-16H2,1-3H3;4-12H,13-15H2,1-3H3;2*4-9,12H,10-11,13-14H2,1-3H3;2-10H,11-15H2,1H3. The van der Waals surface area contributed by atoms with E-state index in [9.17, 15) is 24.0 Å². The fourth-order valence-corrected chi connectivity index (χ4v) is 22.9. The van der Waals surface area contributed by atoms with Gasteiger partial charge in [0.15, 0.2) is 0 Å². The minimum Gasteiger partial charge on any atom is -0.468 e. The number of hydrogen-bond donors (Lipinski definition) is 0. The predicted octanol–water partition coefficient (Wildman–Crippen LogP) is 22.5. The van der Waals surface area contributed by atoms with Crippen molar-refractivity contribution in [1.29, 1.82) is 0 Å². The molecule has 140 heavy (non-hydrogen) atoms.